The number of benzene rings is 1. The summed E-state index contributed by atoms with van der Waals surface area (Å²) in [6.45, 7) is 6.65. The third kappa shape index (κ3) is 4.47. The molecule has 0 saturated heterocycles. The van der Waals surface area contributed by atoms with Gasteiger partial charge in [0.1, 0.15) is 5.78 Å². The molecule has 20 heavy (non-hydrogen) atoms. The van der Waals surface area contributed by atoms with Gasteiger partial charge in [0.05, 0.1) is 0 Å². The number of ketones is 1. The number of Topliss-reactive ketones (excluding diaryl/α,β-unsaturated/α-hetero) is 1. The fourth-order valence-corrected chi connectivity index (χ4v) is 3.10. The Kier molecular flexibility index (Phi) is 5.01. The van der Waals surface area contributed by atoms with Gasteiger partial charge in [0, 0.05) is 12.8 Å². The summed E-state index contributed by atoms with van der Waals surface area (Å²) in [5.41, 5.74) is 2.68. The van der Waals surface area contributed by atoms with Gasteiger partial charge >= 0.3 is 0 Å². The van der Waals surface area contributed by atoms with E-state index in [9.17, 15) is 4.79 Å². The molecule has 1 aromatic carbocycles. The minimum atomic E-state index is 0.186. The fourth-order valence-electron chi connectivity index (χ4n) is 3.10. The standard InChI is InChI=1S/C19H28O/c1-19(2,3)17-11-8-16(9-12-17)14-18(20)13-10-15-6-4-5-7-15/h8-9,11-12,15H,4-7,10,13-14H2,1-3H3. The molecule has 1 aliphatic carbocycles. The molecule has 0 aliphatic heterocycles. The van der Waals surface area contributed by atoms with E-state index < -0.39 is 0 Å². The first-order valence-corrected chi connectivity index (χ1v) is 8.06. The van der Waals surface area contributed by atoms with Crippen LogP contribution in [0.25, 0.3) is 0 Å². The van der Waals surface area contributed by atoms with E-state index in [1.807, 2.05) is 0 Å². The van der Waals surface area contributed by atoms with Gasteiger partial charge in [-0.3, -0.25) is 4.79 Å². The van der Waals surface area contributed by atoms with E-state index in [1.54, 1.807) is 0 Å². The molecule has 2 rings (SSSR count). The lowest BCUT2D eigenvalue weighted by molar-refractivity contribution is -0.118. The van der Waals surface area contributed by atoms with Crippen molar-refractivity contribution in [2.45, 2.75) is 71.1 Å². The second-order valence-electron chi connectivity index (χ2n) is 7.35. The third-order valence-corrected chi connectivity index (χ3v) is 4.53. The summed E-state index contributed by atoms with van der Waals surface area (Å²) < 4.78 is 0. The second-order valence-corrected chi connectivity index (χ2v) is 7.35. The Hall–Kier alpha value is -1.11. The quantitative estimate of drug-likeness (QED) is 0.731. The van der Waals surface area contributed by atoms with Gasteiger partial charge < -0.3 is 0 Å². The molecule has 0 amide bonds. The lowest BCUT2D eigenvalue weighted by Gasteiger charge is -2.19. The van der Waals surface area contributed by atoms with Crippen molar-refractivity contribution in [3.8, 4) is 0 Å². The zero-order chi connectivity index (χ0) is 14.6. The first kappa shape index (κ1) is 15.3. The highest BCUT2D eigenvalue weighted by Crippen LogP contribution is 2.28. The van der Waals surface area contributed by atoms with Crippen molar-refractivity contribution in [3.63, 3.8) is 0 Å². The zero-order valence-corrected chi connectivity index (χ0v) is 13.2. The molecule has 0 aromatic heterocycles. The molecule has 110 valence electrons. The predicted molar refractivity (Wildman–Crippen MR) is 85.0 cm³/mol. The van der Waals surface area contributed by atoms with Crippen LogP contribution in [0.4, 0.5) is 0 Å². The minimum absolute atomic E-state index is 0.186. The molecular weight excluding hydrogens is 244 g/mol. The van der Waals surface area contributed by atoms with Gasteiger partial charge in [-0.15, -0.1) is 0 Å². The van der Waals surface area contributed by atoms with Crippen LogP contribution in [-0.2, 0) is 16.6 Å². The van der Waals surface area contributed by atoms with Crippen molar-refractivity contribution in [2.24, 2.45) is 5.92 Å². The summed E-state index contributed by atoms with van der Waals surface area (Å²) in [7, 11) is 0. The van der Waals surface area contributed by atoms with Crippen LogP contribution in [0.1, 0.15) is 70.4 Å². The predicted octanol–water partition coefficient (Wildman–Crippen LogP) is 5.07. The number of hydrogen-bond donors (Lipinski definition) is 0. The van der Waals surface area contributed by atoms with E-state index in [4.69, 9.17) is 0 Å². The largest absolute Gasteiger partial charge is 0.299 e. The monoisotopic (exact) mass is 272 g/mol. The Morgan fingerprint density at radius 2 is 1.70 bits per heavy atom. The lowest BCUT2D eigenvalue weighted by atomic mass is 9.86. The maximum atomic E-state index is 12.1. The molecule has 0 spiro atoms. The summed E-state index contributed by atoms with van der Waals surface area (Å²) in [6.07, 6.45) is 7.91. The number of carbonyl (C=O) groups excluding carboxylic acids is 1. The van der Waals surface area contributed by atoms with Crippen molar-refractivity contribution >= 4 is 5.78 Å². The summed E-state index contributed by atoms with van der Waals surface area (Å²) in [4.78, 5) is 12.1. The van der Waals surface area contributed by atoms with Crippen molar-refractivity contribution < 1.29 is 4.79 Å². The van der Waals surface area contributed by atoms with E-state index in [0.29, 0.717) is 12.2 Å². The average Bonchev–Trinajstić information content (AvgIpc) is 2.89. The van der Waals surface area contributed by atoms with E-state index in [0.717, 1.165) is 24.3 Å². The van der Waals surface area contributed by atoms with Crippen LogP contribution in [-0.4, -0.2) is 5.78 Å². The highest BCUT2D eigenvalue weighted by atomic mass is 16.1. The zero-order valence-electron chi connectivity index (χ0n) is 13.2. The first-order chi connectivity index (χ1) is 9.45. The normalized spacial score (nSPS) is 16.6. The smallest absolute Gasteiger partial charge is 0.137 e. The van der Waals surface area contributed by atoms with E-state index in [1.165, 1.54) is 31.2 Å². The molecule has 1 aliphatic rings. The Bertz CT molecular complexity index is 430. The number of rotatable bonds is 5. The lowest BCUT2D eigenvalue weighted by Crippen LogP contribution is -2.11. The Morgan fingerprint density at radius 1 is 1.10 bits per heavy atom. The molecule has 1 heteroatoms. The van der Waals surface area contributed by atoms with Crippen LogP contribution in [0.15, 0.2) is 24.3 Å². The maximum Gasteiger partial charge on any atom is 0.137 e. The SMILES string of the molecule is CC(C)(C)c1ccc(CC(=O)CCC2CCCC2)cc1. The molecule has 0 unspecified atom stereocenters. The van der Waals surface area contributed by atoms with Gasteiger partial charge in [0.2, 0.25) is 0 Å². The summed E-state index contributed by atoms with van der Waals surface area (Å²) in [6, 6.07) is 8.57. The molecule has 1 saturated carbocycles. The van der Waals surface area contributed by atoms with Gasteiger partial charge in [-0.25, -0.2) is 0 Å². The summed E-state index contributed by atoms with van der Waals surface area (Å²) >= 11 is 0. The van der Waals surface area contributed by atoms with E-state index in [2.05, 4.69) is 45.0 Å². The molecule has 0 radical (unpaired) electrons. The van der Waals surface area contributed by atoms with Crippen LogP contribution in [0.5, 0.6) is 0 Å². The second kappa shape index (κ2) is 6.56. The number of hydrogen-bond acceptors (Lipinski definition) is 1. The molecule has 0 atom stereocenters. The Morgan fingerprint density at radius 3 is 2.25 bits per heavy atom. The molecule has 0 N–H and O–H groups in total. The topological polar surface area (TPSA) is 17.1 Å². The summed E-state index contributed by atoms with van der Waals surface area (Å²) in [5, 5.41) is 0. The van der Waals surface area contributed by atoms with Crippen LogP contribution >= 0.6 is 0 Å². The summed E-state index contributed by atoms with van der Waals surface area (Å²) in [5.74, 6) is 1.22. The molecule has 0 heterocycles. The van der Waals surface area contributed by atoms with Crippen molar-refractivity contribution in [1.82, 2.24) is 0 Å². The third-order valence-electron chi connectivity index (χ3n) is 4.53. The van der Waals surface area contributed by atoms with Gasteiger partial charge in [-0.1, -0.05) is 70.7 Å². The average molecular weight is 272 g/mol. The van der Waals surface area contributed by atoms with Gasteiger partial charge in [-0.2, -0.15) is 0 Å². The van der Waals surface area contributed by atoms with Crippen molar-refractivity contribution in [2.75, 3.05) is 0 Å². The molecule has 0 bridgehead atoms. The Balaban J connectivity index is 1.81. The molecular formula is C19H28O. The minimum Gasteiger partial charge on any atom is -0.299 e. The van der Waals surface area contributed by atoms with Crippen LogP contribution in [0, 0.1) is 5.92 Å². The van der Waals surface area contributed by atoms with E-state index >= 15 is 0 Å². The van der Waals surface area contributed by atoms with Crippen LogP contribution in [0.3, 0.4) is 0 Å². The first-order valence-electron chi connectivity index (χ1n) is 8.06. The molecule has 1 fully saturated rings. The number of carbonyl (C=O) groups is 1. The van der Waals surface area contributed by atoms with Crippen molar-refractivity contribution in [1.29, 1.82) is 0 Å². The fraction of sp³-hybridized carbons (Fsp3) is 0.632. The van der Waals surface area contributed by atoms with Crippen LogP contribution < -0.4 is 0 Å². The van der Waals surface area contributed by atoms with Crippen molar-refractivity contribution in [3.05, 3.63) is 35.4 Å². The van der Waals surface area contributed by atoms with E-state index in [-0.39, 0.29) is 5.41 Å². The van der Waals surface area contributed by atoms with Gasteiger partial charge in [0.25, 0.3) is 0 Å². The molecule has 1 aromatic rings. The molecule has 1 nitrogen and oxygen atoms in total. The highest BCUT2D eigenvalue weighted by Gasteiger charge is 2.17. The van der Waals surface area contributed by atoms with Gasteiger partial charge in [-0.05, 0) is 28.9 Å². The Labute approximate surface area is 123 Å². The van der Waals surface area contributed by atoms with Crippen LogP contribution in [0.2, 0.25) is 0 Å². The highest BCUT2D eigenvalue weighted by molar-refractivity contribution is 5.80. The maximum absolute atomic E-state index is 12.1. The van der Waals surface area contributed by atoms with Gasteiger partial charge in [0.15, 0.2) is 0 Å².